The van der Waals surface area contributed by atoms with Crippen molar-refractivity contribution in [3.63, 3.8) is 0 Å². The maximum absolute atomic E-state index is 6.07. The number of nitrogens with zero attached hydrogens (tertiary/aromatic N) is 1. The molecule has 1 heterocycles. The van der Waals surface area contributed by atoms with Gasteiger partial charge in [0.25, 0.3) is 0 Å². The van der Waals surface area contributed by atoms with Crippen molar-refractivity contribution in [3.8, 4) is 0 Å². The van der Waals surface area contributed by atoms with Gasteiger partial charge in [0.05, 0.1) is 0 Å². The van der Waals surface area contributed by atoms with Gasteiger partial charge in [-0.1, -0.05) is 43.2 Å². The number of hydrogen-bond donors (Lipinski definition) is 1. The summed E-state index contributed by atoms with van der Waals surface area (Å²) in [5.41, 5.74) is 7.60. The summed E-state index contributed by atoms with van der Waals surface area (Å²) in [6, 6.07) is 12.2. The zero-order valence-corrected chi connectivity index (χ0v) is 11.1. The topological polar surface area (TPSA) is 29.3 Å². The molecule has 2 nitrogen and oxygen atoms in total. The van der Waals surface area contributed by atoms with Gasteiger partial charge in [-0.25, -0.2) is 0 Å². The Kier molecular flexibility index (Phi) is 3.67. The van der Waals surface area contributed by atoms with Crippen LogP contribution in [0, 0.1) is 0 Å². The van der Waals surface area contributed by atoms with Crippen molar-refractivity contribution < 1.29 is 0 Å². The molecule has 1 aliphatic carbocycles. The zero-order valence-electron chi connectivity index (χ0n) is 11.1. The van der Waals surface area contributed by atoms with E-state index in [0.717, 1.165) is 18.5 Å². The Bertz CT molecular complexity index is 376. The minimum Gasteiger partial charge on any atom is -0.326 e. The van der Waals surface area contributed by atoms with Crippen LogP contribution in [-0.4, -0.2) is 30.1 Å². The van der Waals surface area contributed by atoms with Gasteiger partial charge in [0, 0.05) is 25.2 Å². The molecule has 3 atom stereocenters. The second-order valence-corrected chi connectivity index (χ2v) is 5.91. The van der Waals surface area contributed by atoms with Crippen LogP contribution in [0.3, 0.4) is 0 Å². The van der Waals surface area contributed by atoms with E-state index in [2.05, 4.69) is 35.2 Å². The Hall–Kier alpha value is -0.860. The molecule has 1 aromatic carbocycles. The maximum atomic E-state index is 6.07. The molecule has 0 radical (unpaired) electrons. The standard InChI is InChI=1S/C16H24N2/c17-14-10-11-18(12-14)16-9-5-4-8-15(16)13-6-2-1-3-7-13/h1-3,6-7,14-16H,4-5,8-12,17H2/t14-,15?,16?/m0/s1. The fraction of sp³-hybridized carbons (Fsp3) is 0.625. The molecular weight excluding hydrogens is 220 g/mol. The van der Waals surface area contributed by atoms with Crippen molar-refractivity contribution >= 4 is 0 Å². The van der Waals surface area contributed by atoms with Crippen LogP contribution in [0.1, 0.15) is 43.6 Å². The Balaban J connectivity index is 1.78. The normalized spacial score (nSPS) is 33.7. The first kappa shape index (κ1) is 12.2. The second kappa shape index (κ2) is 5.41. The third-order valence-electron chi connectivity index (χ3n) is 4.68. The third kappa shape index (κ3) is 2.45. The van der Waals surface area contributed by atoms with E-state index in [1.807, 2.05) is 0 Å². The van der Waals surface area contributed by atoms with Crippen LogP contribution < -0.4 is 5.73 Å². The summed E-state index contributed by atoms with van der Waals surface area (Å²) in [6.45, 7) is 2.31. The molecule has 0 spiro atoms. The first-order valence-electron chi connectivity index (χ1n) is 7.39. The summed E-state index contributed by atoms with van der Waals surface area (Å²) in [6.07, 6.45) is 6.65. The molecule has 1 saturated carbocycles. The molecule has 1 saturated heterocycles. The van der Waals surface area contributed by atoms with Gasteiger partial charge in [0.2, 0.25) is 0 Å². The molecule has 1 aromatic rings. The van der Waals surface area contributed by atoms with Crippen LogP contribution >= 0.6 is 0 Å². The van der Waals surface area contributed by atoms with Crippen molar-refractivity contribution in [1.29, 1.82) is 0 Å². The zero-order chi connectivity index (χ0) is 12.4. The van der Waals surface area contributed by atoms with Crippen molar-refractivity contribution in [1.82, 2.24) is 4.90 Å². The lowest BCUT2D eigenvalue weighted by molar-refractivity contribution is 0.165. The average molecular weight is 244 g/mol. The smallest absolute Gasteiger partial charge is 0.0180 e. The van der Waals surface area contributed by atoms with E-state index >= 15 is 0 Å². The molecule has 1 aliphatic heterocycles. The quantitative estimate of drug-likeness (QED) is 0.866. The van der Waals surface area contributed by atoms with Crippen LogP contribution in [0.4, 0.5) is 0 Å². The summed E-state index contributed by atoms with van der Waals surface area (Å²) in [5, 5.41) is 0. The Morgan fingerprint density at radius 3 is 2.50 bits per heavy atom. The molecule has 98 valence electrons. The van der Waals surface area contributed by atoms with Crippen LogP contribution in [0.15, 0.2) is 30.3 Å². The van der Waals surface area contributed by atoms with Crippen LogP contribution in [0.25, 0.3) is 0 Å². The number of rotatable bonds is 2. The molecule has 2 N–H and O–H groups in total. The number of benzene rings is 1. The number of hydrogen-bond acceptors (Lipinski definition) is 2. The van der Waals surface area contributed by atoms with E-state index in [9.17, 15) is 0 Å². The predicted molar refractivity (Wildman–Crippen MR) is 75.6 cm³/mol. The fourth-order valence-corrected chi connectivity index (χ4v) is 3.75. The fourth-order valence-electron chi connectivity index (χ4n) is 3.75. The summed E-state index contributed by atoms with van der Waals surface area (Å²) in [5.74, 6) is 0.727. The van der Waals surface area contributed by atoms with Crippen molar-refractivity contribution in [2.45, 2.75) is 50.1 Å². The second-order valence-electron chi connectivity index (χ2n) is 5.91. The maximum Gasteiger partial charge on any atom is 0.0180 e. The third-order valence-corrected chi connectivity index (χ3v) is 4.68. The molecule has 2 fully saturated rings. The van der Waals surface area contributed by atoms with E-state index < -0.39 is 0 Å². The molecule has 2 aliphatic rings. The van der Waals surface area contributed by atoms with Crippen molar-refractivity contribution in [2.24, 2.45) is 5.73 Å². The predicted octanol–water partition coefficient (Wildman–Crippen LogP) is 2.75. The Morgan fingerprint density at radius 2 is 1.78 bits per heavy atom. The highest BCUT2D eigenvalue weighted by molar-refractivity contribution is 5.22. The minimum atomic E-state index is 0.406. The first-order valence-corrected chi connectivity index (χ1v) is 7.39. The van der Waals surface area contributed by atoms with Crippen LogP contribution in [0.5, 0.6) is 0 Å². The monoisotopic (exact) mass is 244 g/mol. The number of likely N-dealkylation sites (tertiary alicyclic amines) is 1. The van der Waals surface area contributed by atoms with Gasteiger partial charge in [-0.15, -0.1) is 0 Å². The van der Waals surface area contributed by atoms with E-state index in [1.54, 1.807) is 0 Å². The summed E-state index contributed by atoms with van der Waals surface area (Å²) in [7, 11) is 0. The first-order chi connectivity index (χ1) is 8.84. The average Bonchev–Trinajstić information content (AvgIpc) is 2.86. The van der Waals surface area contributed by atoms with Gasteiger partial charge in [0.15, 0.2) is 0 Å². The molecule has 3 rings (SSSR count). The van der Waals surface area contributed by atoms with Gasteiger partial charge in [-0.05, 0) is 30.7 Å². The van der Waals surface area contributed by atoms with Gasteiger partial charge in [0.1, 0.15) is 0 Å². The summed E-state index contributed by atoms with van der Waals surface area (Å²) >= 11 is 0. The Labute approximate surface area is 110 Å². The lowest BCUT2D eigenvalue weighted by Crippen LogP contribution is -2.41. The minimum absolute atomic E-state index is 0.406. The molecule has 0 amide bonds. The molecule has 0 aromatic heterocycles. The number of nitrogens with two attached hydrogens (primary N) is 1. The van der Waals surface area contributed by atoms with Gasteiger partial charge >= 0.3 is 0 Å². The summed E-state index contributed by atoms with van der Waals surface area (Å²) < 4.78 is 0. The largest absolute Gasteiger partial charge is 0.326 e. The highest BCUT2D eigenvalue weighted by atomic mass is 15.2. The molecule has 0 bridgehead atoms. The van der Waals surface area contributed by atoms with Crippen LogP contribution in [0.2, 0.25) is 0 Å². The van der Waals surface area contributed by atoms with Crippen LogP contribution in [-0.2, 0) is 0 Å². The van der Waals surface area contributed by atoms with Crippen molar-refractivity contribution in [2.75, 3.05) is 13.1 Å². The van der Waals surface area contributed by atoms with E-state index in [-0.39, 0.29) is 0 Å². The SMILES string of the molecule is N[C@H]1CCN(C2CCCCC2c2ccccc2)C1. The van der Waals surface area contributed by atoms with Gasteiger partial charge < -0.3 is 5.73 Å². The van der Waals surface area contributed by atoms with E-state index in [0.29, 0.717) is 6.04 Å². The highest BCUT2D eigenvalue weighted by Crippen LogP contribution is 2.37. The molecule has 2 heteroatoms. The highest BCUT2D eigenvalue weighted by Gasteiger charge is 2.34. The van der Waals surface area contributed by atoms with E-state index in [4.69, 9.17) is 5.73 Å². The molecule has 18 heavy (non-hydrogen) atoms. The van der Waals surface area contributed by atoms with E-state index in [1.165, 1.54) is 44.2 Å². The Morgan fingerprint density at radius 1 is 1.00 bits per heavy atom. The lowest BCUT2D eigenvalue weighted by atomic mass is 9.79. The van der Waals surface area contributed by atoms with Gasteiger partial charge in [-0.3, -0.25) is 4.90 Å². The summed E-state index contributed by atoms with van der Waals surface area (Å²) in [4.78, 5) is 2.65. The molecule has 2 unspecified atom stereocenters. The van der Waals surface area contributed by atoms with Crippen molar-refractivity contribution in [3.05, 3.63) is 35.9 Å². The molecular formula is C16H24N2. The lowest BCUT2D eigenvalue weighted by Gasteiger charge is -2.38. The van der Waals surface area contributed by atoms with Gasteiger partial charge in [-0.2, -0.15) is 0 Å².